The van der Waals surface area contributed by atoms with Crippen molar-refractivity contribution in [2.45, 2.75) is 43.9 Å². The van der Waals surface area contributed by atoms with Crippen molar-refractivity contribution in [3.8, 4) is 0 Å². The normalized spacial score (nSPS) is 21.8. The van der Waals surface area contributed by atoms with Crippen molar-refractivity contribution >= 4 is 45.1 Å². The summed E-state index contributed by atoms with van der Waals surface area (Å²) in [7, 11) is 0. The van der Waals surface area contributed by atoms with E-state index in [0.717, 1.165) is 34.9 Å². The van der Waals surface area contributed by atoms with E-state index < -0.39 is 0 Å². The second-order valence-electron chi connectivity index (χ2n) is 5.42. The van der Waals surface area contributed by atoms with Gasteiger partial charge in [0.05, 0.1) is 5.39 Å². The van der Waals surface area contributed by atoms with Gasteiger partial charge in [-0.15, -0.1) is 11.3 Å². The molecule has 2 aromatic rings. The molecule has 21 heavy (non-hydrogen) atoms. The van der Waals surface area contributed by atoms with Crippen molar-refractivity contribution in [2.24, 2.45) is 0 Å². The van der Waals surface area contributed by atoms with Crippen LogP contribution in [0.1, 0.15) is 32.6 Å². The molecule has 1 aliphatic rings. The number of thiophene rings is 1. The largest absolute Gasteiger partial charge is 0.366 e. The summed E-state index contributed by atoms with van der Waals surface area (Å²) in [5.41, 5.74) is 0. The van der Waals surface area contributed by atoms with E-state index in [1.807, 2.05) is 11.8 Å². The Kier molecular flexibility index (Phi) is 4.85. The zero-order valence-corrected chi connectivity index (χ0v) is 14.2. The van der Waals surface area contributed by atoms with Gasteiger partial charge in [-0.2, -0.15) is 16.7 Å². The van der Waals surface area contributed by atoms with Gasteiger partial charge in [-0.05, 0) is 37.0 Å². The van der Waals surface area contributed by atoms with Crippen LogP contribution < -0.4 is 10.6 Å². The van der Waals surface area contributed by atoms with Crippen LogP contribution in [-0.4, -0.2) is 34.1 Å². The summed E-state index contributed by atoms with van der Waals surface area (Å²) in [6.45, 7) is 3.06. The average molecular weight is 323 g/mol. The molecule has 0 bridgehead atoms. The monoisotopic (exact) mass is 322 g/mol. The summed E-state index contributed by atoms with van der Waals surface area (Å²) in [6.07, 6.45) is 7.13. The summed E-state index contributed by atoms with van der Waals surface area (Å²) < 4.78 is 0. The van der Waals surface area contributed by atoms with E-state index in [1.54, 1.807) is 11.3 Å². The highest BCUT2D eigenvalue weighted by atomic mass is 32.2. The van der Waals surface area contributed by atoms with Crippen LogP contribution in [0.3, 0.4) is 0 Å². The van der Waals surface area contributed by atoms with Gasteiger partial charge in [0.2, 0.25) is 5.95 Å². The maximum Gasteiger partial charge on any atom is 0.226 e. The fraction of sp³-hybridized carbons (Fsp3) is 0.600. The molecule has 3 rings (SSSR count). The predicted molar refractivity (Wildman–Crippen MR) is 94.8 cm³/mol. The SMILES string of the molecule is CCCNc1nc(NC2CCCC2SC)c2ccsc2n1. The van der Waals surface area contributed by atoms with E-state index in [4.69, 9.17) is 4.98 Å². The third-order valence-corrected chi connectivity index (χ3v) is 5.91. The van der Waals surface area contributed by atoms with Gasteiger partial charge in [0, 0.05) is 17.8 Å². The fourth-order valence-corrected chi connectivity index (χ4v) is 4.53. The molecule has 2 N–H and O–H groups in total. The van der Waals surface area contributed by atoms with Crippen molar-refractivity contribution in [3.63, 3.8) is 0 Å². The van der Waals surface area contributed by atoms with Gasteiger partial charge in [-0.1, -0.05) is 13.3 Å². The first-order chi connectivity index (χ1) is 10.3. The van der Waals surface area contributed by atoms with Crippen molar-refractivity contribution in [1.29, 1.82) is 0 Å². The molecule has 2 unspecified atom stereocenters. The highest BCUT2D eigenvalue weighted by Gasteiger charge is 2.27. The van der Waals surface area contributed by atoms with Crippen LogP contribution in [0.2, 0.25) is 0 Å². The van der Waals surface area contributed by atoms with E-state index in [2.05, 4.69) is 40.2 Å². The van der Waals surface area contributed by atoms with Crippen molar-refractivity contribution in [3.05, 3.63) is 11.4 Å². The van der Waals surface area contributed by atoms with Crippen LogP contribution >= 0.6 is 23.1 Å². The van der Waals surface area contributed by atoms with Gasteiger partial charge in [0.15, 0.2) is 0 Å². The average Bonchev–Trinajstić information content (AvgIpc) is 3.13. The Morgan fingerprint density at radius 1 is 1.38 bits per heavy atom. The van der Waals surface area contributed by atoms with E-state index in [9.17, 15) is 0 Å². The number of rotatable bonds is 6. The molecule has 4 nitrogen and oxygen atoms in total. The number of nitrogens with zero attached hydrogens (tertiary/aromatic N) is 2. The van der Waals surface area contributed by atoms with Crippen LogP contribution in [0, 0.1) is 0 Å². The number of aromatic nitrogens is 2. The molecule has 0 radical (unpaired) electrons. The minimum absolute atomic E-state index is 0.525. The Morgan fingerprint density at radius 2 is 2.29 bits per heavy atom. The Hall–Kier alpha value is -1.01. The molecular formula is C15H22N4S2. The Balaban J connectivity index is 1.87. The molecule has 1 fully saturated rings. The Labute approximate surface area is 134 Å². The summed E-state index contributed by atoms with van der Waals surface area (Å²) >= 11 is 3.64. The van der Waals surface area contributed by atoms with Gasteiger partial charge >= 0.3 is 0 Å². The second-order valence-corrected chi connectivity index (χ2v) is 7.39. The molecule has 0 spiro atoms. The quantitative estimate of drug-likeness (QED) is 0.834. The number of hydrogen-bond acceptors (Lipinski definition) is 6. The Bertz CT molecular complexity index is 598. The number of hydrogen-bond donors (Lipinski definition) is 2. The molecule has 2 heterocycles. The van der Waals surface area contributed by atoms with Crippen LogP contribution in [0.25, 0.3) is 10.2 Å². The van der Waals surface area contributed by atoms with Gasteiger partial charge in [0.25, 0.3) is 0 Å². The molecule has 114 valence electrons. The summed E-state index contributed by atoms with van der Waals surface area (Å²) in [4.78, 5) is 10.4. The lowest BCUT2D eigenvalue weighted by Crippen LogP contribution is -2.26. The molecule has 0 aliphatic heterocycles. The molecule has 0 aromatic carbocycles. The molecule has 1 saturated carbocycles. The lowest BCUT2D eigenvalue weighted by atomic mass is 10.2. The number of thioether (sulfide) groups is 1. The second kappa shape index (κ2) is 6.83. The third-order valence-electron chi connectivity index (χ3n) is 3.94. The van der Waals surface area contributed by atoms with E-state index in [0.29, 0.717) is 11.3 Å². The van der Waals surface area contributed by atoms with Gasteiger partial charge < -0.3 is 10.6 Å². The Morgan fingerprint density at radius 3 is 3.10 bits per heavy atom. The van der Waals surface area contributed by atoms with Crippen LogP contribution in [0.5, 0.6) is 0 Å². The minimum Gasteiger partial charge on any atom is -0.366 e. The summed E-state index contributed by atoms with van der Waals surface area (Å²) in [6, 6.07) is 2.65. The number of nitrogens with one attached hydrogen (secondary N) is 2. The first-order valence-corrected chi connectivity index (χ1v) is 9.77. The van der Waals surface area contributed by atoms with Crippen LogP contribution in [0.15, 0.2) is 11.4 Å². The minimum atomic E-state index is 0.525. The van der Waals surface area contributed by atoms with Gasteiger partial charge in [0.1, 0.15) is 10.6 Å². The highest BCUT2D eigenvalue weighted by Crippen LogP contribution is 2.33. The van der Waals surface area contributed by atoms with Gasteiger partial charge in [-0.3, -0.25) is 0 Å². The molecule has 0 saturated heterocycles. The smallest absolute Gasteiger partial charge is 0.226 e. The maximum atomic E-state index is 4.71. The van der Waals surface area contributed by atoms with Crippen LogP contribution in [-0.2, 0) is 0 Å². The highest BCUT2D eigenvalue weighted by molar-refractivity contribution is 7.99. The van der Waals surface area contributed by atoms with E-state index in [-0.39, 0.29) is 0 Å². The maximum absolute atomic E-state index is 4.71. The first-order valence-electron chi connectivity index (χ1n) is 7.60. The number of anilines is 2. The third kappa shape index (κ3) is 3.26. The molecule has 2 atom stereocenters. The molecular weight excluding hydrogens is 300 g/mol. The van der Waals surface area contributed by atoms with Crippen molar-refractivity contribution in [1.82, 2.24) is 9.97 Å². The van der Waals surface area contributed by atoms with Crippen molar-refractivity contribution < 1.29 is 0 Å². The molecule has 6 heteroatoms. The van der Waals surface area contributed by atoms with Crippen molar-refractivity contribution in [2.75, 3.05) is 23.4 Å². The molecule has 2 aromatic heterocycles. The van der Waals surface area contributed by atoms with E-state index in [1.165, 1.54) is 19.3 Å². The summed E-state index contributed by atoms with van der Waals surface area (Å²) in [5, 5.41) is 10.9. The van der Waals surface area contributed by atoms with Gasteiger partial charge in [-0.25, -0.2) is 4.98 Å². The molecule has 0 amide bonds. The first kappa shape index (κ1) is 14.9. The van der Waals surface area contributed by atoms with E-state index >= 15 is 0 Å². The number of fused-ring (bicyclic) bond motifs is 1. The summed E-state index contributed by atoms with van der Waals surface area (Å²) in [5.74, 6) is 1.74. The lowest BCUT2D eigenvalue weighted by molar-refractivity contribution is 0.764. The van der Waals surface area contributed by atoms with Crippen LogP contribution in [0.4, 0.5) is 11.8 Å². The zero-order chi connectivity index (χ0) is 14.7. The molecule has 1 aliphatic carbocycles. The lowest BCUT2D eigenvalue weighted by Gasteiger charge is -2.20. The standard InChI is InChI=1S/C15H22N4S2/c1-3-8-16-15-18-13(10-7-9-21-14(10)19-15)17-11-5-4-6-12(11)20-2/h7,9,11-12H,3-6,8H2,1-2H3,(H2,16,17,18,19). The fourth-order valence-electron chi connectivity index (χ4n) is 2.83. The zero-order valence-electron chi connectivity index (χ0n) is 12.6. The topological polar surface area (TPSA) is 49.8 Å². The predicted octanol–water partition coefficient (Wildman–Crippen LogP) is 4.21.